The molecule has 0 bridgehead atoms. The second kappa shape index (κ2) is 6.83. The maximum absolute atomic E-state index is 9.59. The molecule has 2 rings (SSSR count). The molecule has 18 heavy (non-hydrogen) atoms. The third kappa shape index (κ3) is 3.35. The van der Waals surface area contributed by atoms with Crippen LogP contribution >= 0.6 is 0 Å². The van der Waals surface area contributed by atoms with Crippen molar-refractivity contribution in [2.24, 2.45) is 4.99 Å². The van der Waals surface area contributed by atoms with E-state index in [0.717, 1.165) is 5.69 Å². The van der Waals surface area contributed by atoms with Gasteiger partial charge in [-0.1, -0.05) is 24.3 Å². The second-order valence-electron chi connectivity index (χ2n) is 3.49. The normalized spacial score (nSPS) is 10.1. The Balaban J connectivity index is 0.00000162. The summed E-state index contributed by atoms with van der Waals surface area (Å²) in [7, 11) is 1.61. The van der Waals surface area contributed by atoms with Gasteiger partial charge < -0.3 is 9.84 Å². The molecule has 0 aliphatic carbocycles. The summed E-state index contributed by atoms with van der Waals surface area (Å²) in [5.74, 6) is 0.922. The van der Waals surface area contributed by atoms with Crippen molar-refractivity contribution >= 4 is 11.9 Å². The van der Waals surface area contributed by atoms with Crippen molar-refractivity contribution in [1.82, 2.24) is 0 Å². The molecule has 2 aromatic carbocycles. The van der Waals surface area contributed by atoms with E-state index in [4.69, 9.17) is 4.74 Å². The van der Waals surface area contributed by atoms with Gasteiger partial charge in [0.2, 0.25) is 0 Å². The molecule has 0 unspecified atom stereocenters. The summed E-state index contributed by atoms with van der Waals surface area (Å²) in [4.78, 5) is 4.30. The van der Waals surface area contributed by atoms with Crippen LogP contribution in [-0.4, -0.2) is 18.4 Å². The van der Waals surface area contributed by atoms with E-state index in [1.165, 1.54) is 0 Å². The Morgan fingerprint density at radius 1 is 1.06 bits per heavy atom. The van der Waals surface area contributed by atoms with E-state index >= 15 is 0 Å². The molecule has 0 heterocycles. The van der Waals surface area contributed by atoms with Gasteiger partial charge in [0, 0.05) is 28.6 Å². The third-order valence-electron chi connectivity index (χ3n) is 2.36. The molecule has 0 atom stereocenters. The van der Waals surface area contributed by atoms with Gasteiger partial charge in [-0.3, -0.25) is 4.99 Å². The minimum absolute atomic E-state index is 0. The van der Waals surface area contributed by atoms with E-state index in [1.807, 2.05) is 30.3 Å². The van der Waals surface area contributed by atoms with Crippen LogP contribution in [0.1, 0.15) is 5.56 Å². The molecule has 0 aliphatic heterocycles. The van der Waals surface area contributed by atoms with Crippen LogP contribution in [0, 0.1) is 0 Å². The van der Waals surface area contributed by atoms with Crippen molar-refractivity contribution in [1.29, 1.82) is 0 Å². The zero-order chi connectivity index (χ0) is 12.1. The number of phenolic OH excluding ortho intramolecular Hbond substituents is 1. The first kappa shape index (κ1) is 14.3. The van der Waals surface area contributed by atoms with Gasteiger partial charge in [0.25, 0.3) is 0 Å². The van der Waals surface area contributed by atoms with Gasteiger partial charge in [0.05, 0.1) is 7.11 Å². The Labute approximate surface area is 116 Å². The summed E-state index contributed by atoms with van der Waals surface area (Å²) in [5, 5.41) is 9.59. The molecule has 0 saturated heterocycles. The minimum Gasteiger partial charge on any atom is -0.507 e. The fourth-order valence-electron chi connectivity index (χ4n) is 1.47. The number of para-hydroxylation sites is 3. The summed E-state index contributed by atoms with van der Waals surface area (Å²) in [5.41, 5.74) is 1.41. The second-order valence-corrected chi connectivity index (χ2v) is 3.49. The van der Waals surface area contributed by atoms with Crippen LogP contribution in [-0.2, 0) is 16.8 Å². The molecular formula is C14H13CoNO2. The fourth-order valence-corrected chi connectivity index (χ4v) is 1.47. The molecule has 4 heteroatoms. The zero-order valence-electron chi connectivity index (χ0n) is 9.83. The van der Waals surface area contributed by atoms with Gasteiger partial charge in [-0.05, 0) is 24.3 Å². The monoisotopic (exact) mass is 286 g/mol. The van der Waals surface area contributed by atoms with Crippen molar-refractivity contribution < 1.29 is 26.6 Å². The summed E-state index contributed by atoms with van der Waals surface area (Å²) < 4.78 is 5.19. The Bertz CT molecular complexity index is 541. The quantitative estimate of drug-likeness (QED) is 0.881. The van der Waals surface area contributed by atoms with Crippen molar-refractivity contribution in [2.45, 2.75) is 0 Å². The molecule has 0 saturated carbocycles. The molecular weight excluding hydrogens is 273 g/mol. The van der Waals surface area contributed by atoms with E-state index in [1.54, 1.807) is 31.5 Å². The smallest absolute Gasteiger partial charge is 0.144 e. The number of hydrogen-bond donors (Lipinski definition) is 1. The first-order valence-electron chi connectivity index (χ1n) is 5.26. The van der Waals surface area contributed by atoms with Gasteiger partial charge >= 0.3 is 0 Å². The Morgan fingerprint density at radius 3 is 2.44 bits per heavy atom. The Morgan fingerprint density at radius 2 is 1.72 bits per heavy atom. The number of ether oxygens (including phenoxy) is 1. The first-order valence-corrected chi connectivity index (χ1v) is 5.26. The van der Waals surface area contributed by atoms with Gasteiger partial charge in [-0.15, -0.1) is 0 Å². The van der Waals surface area contributed by atoms with Crippen LogP contribution in [0.15, 0.2) is 53.5 Å². The SMILES string of the molecule is COc1ccccc1N=Cc1ccccc1O.[Co]. The zero-order valence-corrected chi connectivity index (χ0v) is 10.9. The standard InChI is InChI=1S/C14H13NO2.Co/c1-17-14-9-5-3-7-12(14)15-10-11-6-2-4-8-13(11)16;/h2-10,16H,1H3;. The number of benzene rings is 2. The van der Waals surface area contributed by atoms with Gasteiger partial charge in [0.1, 0.15) is 17.2 Å². The van der Waals surface area contributed by atoms with Crippen LogP contribution in [0.4, 0.5) is 5.69 Å². The molecule has 0 fully saturated rings. The van der Waals surface area contributed by atoms with Crippen molar-refractivity contribution in [3.8, 4) is 11.5 Å². The predicted molar refractivity (Wildman–Crippen MR) is 68.4 cm³/mol. The molecule has 2 aromatic rings. The number of hydrogen-bond acceptors (Lipinski definition) is 3. The maximum atomic E-state index is 9.59. The van der Waals surface area contributed by atoms with Gasteiger partial charge in [-0.25, -0.2) is 0 Å². The number of phenols is 1. The number of aromatic hydroxyl groups is 1. The Kier molecular flexibility index (Phi) is 5.42. The van der Waals surface area contributed by atoms with Crippen LogP contribution < -0.4 is 4.74 Å². The Hall–Kier alpha value is -1.78. The maximum Gasteiger partial charge on any atom is 0.144 e. The van der Waals surface area contributed by atoms with E-state index in [-0.39, 0.29) is 22.5 Å². The predicted octanol–water partition coefficient (Wildman–Crippen LogP) is 3.15. The van der Waals surface area contributed by atoms with E-state index in [9.17, 15) is 5.11 Å². The first-order chi connectivity index (χ1) is 8.31. The molecule has 0 amide bonds. The van der Waals surface area contributed by atoms with Crippen LogP contribution in [0.3, 0.4) is 0 Å². The summed E-state index contributed by atoms with van der Waals surface area (Å²) in [6.45, 7) is 0. The van der Waals surface area contributed by atoms with Crippen LogP contribution in [0.5, 0.6) is 11.5 Å². The molecule has 0 aromatic heterocycles. The number of rotatable bonds is 3. The minimum atomic E-state index is 0. The molecule has 1 radical (unpaired) electrons. The van der Waals surface area contributed by atoms with E-state index < -0.39 is 0 Å². The van der Waals surface area contributed by atoms with E-state index in [0.29, 0.717) is 11.3 Å². The average molecular weight is 286 g/mol. The van der Waals surface area contributed by atoms with E-state index in [2.05, 4.69) is 4.99 Å². The largest absolute Gasteiger partial charge is 0.507 e. The molecule has 0 spiro atoms. The molecule has 95 valence electrons. The van der Waals surface area contributed by atoms with Crippen molar-refractivity contribution in [3.63, 3.8) is 0 Å². The fraction of sp³-hybridized carbons (Fsp3) is 0.0714. The summed E-state index contributed by atoms with van der Waals surface area (Å²) in [6, 6.07) is 14.5. The number of methoxy groups -OCH3 is 1. The molecule has 3 nitrogen and oxygen atoms in total. The van der Waals surface area contributed by atoms with Crippen molar-refractivity contribution in [2.75, 3.05) is 7.11 Å². The average Bonchev–Trinajstić information content (AvgIpc) is 2.38. The van der Waals surface area contributed by atoms with Crippen LogP contribution in [0.2, 0.25) is 0 Å². The molecule has 1 N–H and O–H groups in total. The summed E-state index contributed by atoms with van der Waals surface area (Å²) in [6.07, 6.45) is 1.62. The van der Waals surface area contributed by atoms with Crippen molar-refractivity contribution in [3.05, 3.63) is 54.1 Å². The number of aliphatic imine (C=N–C) groups is 1. The van der Waals surface area contributed by atoms with Gasteiger partial charge in [0.15, 0.2) is 0 Å². The topological polar surface area (TPSA) is 41.8 Å². The van der Waals surface area contributed by atoms with Crippen LogP contribution in [0.25, 0.3) is 0 Å². The van der Waals surface area contributed by atoms with Gasteiger partial charge in [-0.2, -0.15) is 0 Å². The third-order valence-corrected chi connectivity index (χ3v) is 2.36. The molecule has 0 aliphatic rings. The summed E-state index contributed by atoms with van der Waals surface area (Å²) >= 11 is 0. The number of nitrogens with zero attached hydrogens (tertiary/aromatic N) is 1.